The Morgan fingerprint density at radius 2 is 1.62 bits per heavy atom. The Morgan fingerprint density at radius 3 is 2.16 bits per heavy atom. The SMILES string of the molecule is O=S(=O)(CCc1ccc(C(F)(F)F)cc1)c1ccc(S(=O)(=O)Nc2ncc(F)s2)cc1F. The molecule has 0 aliphatic rings. The number of alkyl halides is 3. The second kappa shape index (κ2) is 8.75. The number of benzene rings is 2. The van der Waals surface area contributed by atoms with Gasteiger partial charge in [0.15, 0.2) is 20.1 Å². The summed E-state index contributed by atoms with van der Waals surface area (Å²) >= 11 is 0.407. The van der Waals surface area contributed by atoms with Gasteiger partial charge in [-0.05, 0) is 42.3 Å². The predicted octanol–water partition coefficient (Wildman–Crippen LogP) is 4.26. The van der Waals surface area contributed by atoms with Crippen molar-refractivity contribution in [2.24, 2.45) is 0 Å². The summed E-state index contributed by atoms with van der Waals surface area (Å²) in [6.45, 7) is 0. The van der Waals surface area contributed by atoms with E-state index in [1.165, 1.54) is 0 Å². The van der Waals surface area contributed by atoms with Crippen LogP contribution in [0.15, 0.2) is 58.5 Å². The van der Waals surface area contributed by atoms with Crippen LogP contribution in [0.1, 0.15) is 11.1 Å². The van der Waals surface area contributed by atoms with Gasteiger partial charge in [0.25, 0.3) is 10.0 Å². The molecule has 1 N–H and O–H groups in total. The van der Waals surface area contributed by atoms with Crippen molar-refractivity contribution in [1.82, 2.24) is 4.98 Å². The molecule has 0 fully saturated rings. The van der Waals surface area contributed by atoms with Crippen molar-refractivity contribution in [2.45, 2.75) is 22.4 Å². The Kier molecular flexibility index (Phi) is 6.58. The van der Waals surface area contributed by atoms with Crippen LogP contribution in [0, 0.1) is 10.9 Å². The van der Waals surface area contributed by atoms with E-state index in [-0.39, 0.29) is 11.6 Å². The molecule has 2 aromatic carbocycles. The molecule has 0 unspecified atom stereocenters. The highest BCUT2D eigenvalue weighted by atomic mass is 32.2. The standard InChI is InChI=1S/C18H13F5N2O4S3/c19-14-9-13(32(28,29)25-17-24-10-16(20)30-17)5-6-15(14)31(26,27)8-7-11-1-3-12(4-2-11)18(21,22)23/h1-6,9-10H,7-8H2,(H,24,25). The molecule has 172 valence electrons. The third-order valence-electron chi connectivity index (χ3n) is 4.19. The van der Waals surface area contributed by atoms with Crippen molar-refractivity contribution >= 4 is 36.3 Å². The van der Waals surface area contributed by atoms with Crippen LogP contribution < -0.4 is 4.72 Å². The molecule has 32 heavy (non-hydrogen) atoms. The van der Waals surface area contributed by atoms with E-state index in [0.717, 1.165) is 42.6 Å². The van der Waals surface area contributed by atoms with Crippen LogP contribution in [0.25, 0.3) is 0 Å². The monoisotopic (exact) mass is 512 g/mol. The lowest BCUT2D eigenvalue weighted by Gasteiger charge is -2.10. The number of aryl methyl sites for hydroxylation is 1. The molecule has 0 radical (unpaired) electrons. The molecule has 3 rings (SSSR count). The quantitative estimate of drug-likeness (QED) is 0.478. The Labute approximate surface area is 183 Å². The summed E-state index contributed by atoms with van der Waals surface area (Å²) in [4.78, 5) is 2.11. The van der Waals surface area contributed by atoms with E-state index in [2.05, 4.69) is 4.98 Å². The van der Waals surface area contributed by atoms with Gasteiger partial charge in [0, 0.05) is 0 Å². The van der Waals surface area contributed by atoms with E-state index >= 15 is 0 Å². The number of nitrogens with one attached hydrogen (secondary N) is 1. The Morgan fingerprint density at radius 1 is 0.969 bits per heavy atom. The molecule has 0 spiro atoms. The normalized spacial score (nSPS) is 12.7. The maximum absolute atomic E-state index is 14.5. The van der Waals surface area contributed by atoms with Gasteiger partial charge < -0.3 is 0 Å². The Hall–Kier alpha value is -2.58. The molecule has 0 aliphatic heterocycles. The van der Waals surface area contributed by atoms with Gasteiger partial charge in [-0.2, -0.15) is 17.6 Å². The highest BCUT2D eigenvalue weighted by Gasteiger charge is 2.30. The van der Waals surface area contributed by atoms with Gasteiger partial charge in [-0.1, -0.05) is 23.5 Å². The van der Waals surface area contributed by atoms with E-state index in [1.54, 1.807) is 0 Å². The minimum atomic E-state index is -4.53. The summed E-state index contributed by atoms with van der Waals surface area (Å²) in [5.74, 6) is -1.94. The van der Waals surface area contributed by atoms with Crippen LogP contribution in [-0.4, -0.2) is 27.6 Å². The zero-order chi connectivity index (χ0) is 23.7. The van der Waals surface area contributed by atoms with Crippen LogP contribution in [0.4, 0.5) is 27.1 Å². The number of nitrogens with zero attached hydrogens (tertiary/aromatic N) is 1. The van der Waals surface area contributed by atoms with E-state index in [9.17, 15) is 38.8 Å². The van der Waals surface area contributed by atoms with Crippen LogP contribution >= 0.6 is 11.3 Å². The van der Waals surface area contributed by atoms with E-state index in [0.29, 0.717) is 23.0 Å². The largest absolute Gasteiger partial charge is 0.416 e. The molecule has 0 amide bonds. The van der Waals surface area contributed by atoms with Crippen LogP contribution in [0.5, 0.6) is 0 Å². The number of anilines is 1. The summed E-state index contributed by atoms with van der Waals surface area (Å²) < 4.78 is 117. The number of hydrogen-bond donors (Lipinski definition) is 1. The Bertz CT molecular complexity index is 1340. The number of rotatable bonds is 7. The molecule has 1 heterocycles. The molecule has 0 saturated carbocycles. The molecule has 14 heteroatoms. The second-order valence-electron chi connectivity index (χ2n) is 6.43. The first-order valence-electron chi connectivity index (χ1n) is 8.60. The molecular formula is C18H13F5N2O4S3. The minimum Gasteiger partial charge on any atom is -0.255 e. The molecule has 0 atom stereocenters. The van der Waals surface area contributed by atoms with Crippen LogP contribution in [0.2, 0.25) is 0 Å². The number of hydrogen-bond acceptors (Lipinski definition) is 6. The summed E-state index contributed by atoms with van der Waals surface area (Å²) in [7, 11) is -8.57. The molecule has 6 nitrogen and oxygen atoms in total. The van der Waals surface area contributed by atoms with Gasteiger partial charge in [-0.15, -0.1) is 0 Å². The first-order valence-corrected chi connectivity index (χ1v) is 12.6. The van der Waals surface area contributed by atoms with Crippen molar-refractivity contribution in [3.63, 3.8) is 0 Å². The summed E-state index contributed by atoms with van der Waals surface area (Å²) in [5, 5.41) is -1.04. The van der Waals surface area contributed by atoms with Crippen LogP contribution in [-0.2, 0) is 32.5 Å². The van der Waals surface area contributed by atoms with Crippen molar-refractivity contribution in [2.75, 3.05) is 10.5 Å². The van der Waals surface area contributed by atoms with Gasteiger partial charge >= 0.3 is 6.18 Å². The first-order chi connectivity index (χ1) is 14.8. The third kappa shape index (κ3) is 5.61. The highest BCUT2D eigenvalue weighted by molar-refractivity contribution is 7.93. The minimum absolute atomic E-state index is 0.183. The van der Waals surface area contributed by atoms with Gasteiger partial charge in [0.05, 0.1) is 22.4 Å². The lowest BCUT2D eigenvalue weighted by atomic mass is 10.1. The van der Waals surface area contributed by atoms with Gasteiger partial charge in [-0.25, -0.2) is 26.2 Å². The summed E-state index contributed by atoms with van der Waals surface area (Å²) in [6.07, 6.45) is -3.93. The fourth-order valence-electron chi connectivity index (χ4n) is 2.60. The van der Waals surface area contributed by atoms with Crippen molar-refractivity contribution in [3.05, 3.63) is 70.7 Å². The van der Waals surface area contributed by atoms with Crippen molar-refractivity contribution in [1.29, 1.82) is 0 Å². The topological polar surface area (TPSA) is 93.2 Å². The maximum atomic E-state index is 14.5. The van der Waals surface area contributed by atoms with Crippen LogP contribution in [0.3, 0.4) is 0 Å². The number of halogens is 5. The van der Waals surface area contributed by atoms with Crippen molar-refractivity contribution < 1.29 is 38.8 Å². The molecule has 3 aromatic rings. The number of sulfonamides is 1. The van der Waals surface area contributed by atoms with Gasteiger partial charge in [0.2, 0.25) is 0 Å². The van der Waals surface area contributed by atoms with E-state index in [4.69, 9.17) is 0 Å². The Balaban J connectivity index is 1.75. The fourth-order valence-corrected chi connectivity index (χ4v) is 5.75. The fraction of sp³-hybridized carbons (Fsp3) is 0.167. The van der Waals surface area contributed by atoms with Gasteiger partial charge in [-0.3, -0.25) is 4.72 Å². The molecule has 0 bridgehead atoms. The highest BCUT2D eigenvalue weighted by Crippen LogP contribution is 2.29. The molecular weight excluding hydrogens is 499 g/mol. The number of thiazole rings is 1. The summed E-state index contributed by atoms with van der Waals surface area (Å²) in [6, 6.07) is 5.99. The summed E-state index contributed by atoms with van der Waals surface area (Å²) in [5.41, 5.74) is -0.595. The molecule has 1 aromatic heterocycles. The maximum Gasteiger partial charge on any atom is 0.416 e. The number of aromatic nitrogens is 1. The van der Waals surface area contributed by atoms with E-state index < -0.39 is 58.1 Å². The molecule has 0 aliphatic carbocycles. The van der Waals surface area contributed by atoms with Crippen molar-refractivity contribution in [3.8, 4) is 0 Å². The first kappa shape index (κ1) is 24.1. The zero-order valence-electron chi connectivity index (χ0n) is 15.7. The second-order valence-corrected chi connectivity index (χ2v) is 11.2. The average Bonchev–Trinajstić information content (AvgIpc) is 3.09. The van der Waals surface area contributed by atoms with E-state index in [1.807, 2.05) is 4.72 Å². The number of sulfone groups is 1. The lowest BCUT2D eigenvalue weighted by Crippen LogP contribution is -2.15. The third-order valence-corrected chi connectivity index (χ3v) is 8.10. The molecule has 0 saturated heterocycles. The average molecular weight is 513 g/mol. The predicted molar refractivity (Wildman–Crippen MR) is 106 cm³/mol. The van der Waals surface area contributed by atoms with Gasteiger partial charge in [0.1, 0.15) is 10.7 Å². The zero-order valence-corrected chi connectivity index (χ0v) is 18.2. The smallest absolute Gasteiger partial charge is 0.255 e. The lowest BCUT2D eigenvalue weighted by molar-refractivity contribution is -0.137.